The number of nitrogens with zero attached hydrogens (tertiary/aromatic N) is 1. The van der Waals surface area contributed by atoms with Crippen molar-refractivity contribution >= 4 is 34.8 Å². The van der Waals surface area contributed by atoms with Gasteiger partial charge in [-0.2, -0.15) is 0 Å². The first-order valence-electron chi connectivity index (χ1n) is 9.44. The highest BCUT2D eigenvalue weighted by Gasteiger charge is 2.67. The summed E-state index contributed by atoms with van der Waals surface area (Å²) < 4.78 is 6.00. The molecule has 1 saturated carbocycles. The Morgan fingerprint density at radius 3 is 2.86 bits per heavy atom. The van der Waals surface area contributed by atoms with Gasteiger partial charge in [0, 0.05) is 36.0 Å². The summed E-state index contributed by atoms with van der Waals surface area (Å²) in [6, 6.07) is -0.513. The Morgan fingerprint density at radius 1 is 1.36 bits per heavy atom. The van der Waals surface area contributed by atoms with Gasteiger partial charge in [0.1, 0.15) is 0 Å². The fourth-order valence-electron chi connectivity index (χ4n) is 6.53. The summed E-state index contributed by atoms with van der Waals surface area (Å²) in [6.07, 6.45) is 4.29. The number of carbonyl (C=O) groups excluding carboxylic acids is 1. The molecule has 4 heterocycles. The van der Waals surface area contributed by atoms with E-state index in [-0.39, 0.29) is 58.9 Å². The van der Waals surface area contributed by atoms with Crippen LogP contribution in [0.15, 0.2) is 23.3 Å². The monoisotopic (exact) mass is 454 g/mol. The molecule has 9 heteroatoms. The first-order valence-corrected chi connectivity index (χ1v) is 9.44. The molecule has 0 spiro atoms. The maximum Gasteiger partial charge on any atom is 0.332 e. The third-order valence-corrected chi connectivity index (χ3v) is 7.38. The van der Waals surface area contributed by atoms with Crippen molar-refractivity contribution < 1.29 is 29.3 Å². The molecule has 0 aromatic carbocycles. The fourth-order valence-corrected chi connectivity index (χ4v) is 6.53. The average molecular weight is 455 g/mol. The Balaban J connectivity index is 0.00000192. The van der Waals surface area contributed by atoms with Crippen LogP contribution in [0.1, 0.15) is 19.3 Å². The van der Waals surface area contributed by atoms with Crippen LogP contribution in [0, 0.1) is 17.3 Å². The van der Waals surface area contributed by atoms with Crippen molar-refractivity contribution in [3.63, 3.8) is 0 Å². The van der Waals surface area contributed by atoms with Gasteiger partial charge in [-0.05, 0) is 25.3 Å². The zero-order valence-corrected chi connectivity index (χ0v) is 16.9. The molecule has 152 valence electrons. The third-order valence-electron chi connectivity index (χ3n) is 7.38. The molecule has 1 amide bonds. The molecule has 0 aromatic rings. The minimum atomic E-state index is -1.27. The van der Waals surface area contributed by atoms with E-state index in [9.17, 15) is 24.6 Å². The standard InChI is InChI=1S/C19H22N2O6.BrH/c22-14-7-12-16-10-5-13-19(17(16)20-14,11(18(25)26)6-15(23)24)2-3-21(13)8-9(10)1-4-27-12;/h1,6,10,12-13,16-17H,2-5,7-8H2,(H,20,22)(H,23,24)(H,25,26);1H/b11-6-;. The Hall–Kier alpha value is -1.71. The Morgan fingerprint density at radius 2 is 2.14 bits per heavy atom. The molecule has 8 nitrogen and oxygen atoms in total. The van der Waals surface area contributed by atoms with Gasteiger partial charge in [0.25, 0.3) is 0 Å². The summed E-state index contributed by atoms with van der Waals surface area (Å²) in [5, 5.41) is 22.3. The van der Waals surface area contributed by atoms with E-state index in [0.717, 1.165) is 19.0 Å². The molecule has 3 saturated heterocycles. The van der Waals surface area contributed by atoms with Crippen LogP contribution in [0.3, 0.4) is 0 Å². The molecule has 0 radical (unpaired) electrons. The van der Waals surface area contributed by atoms with Crippen LogP contribution in [0.4, 0.5) is 0 Å². The number of hydrogen-bond donors (Lipinski definition) is 3. The lowest BCUT2D eigenvalue weighted by Gasteiger charge is -2.59. The SMILES string of the molecule is Br.O=C(O)/C=C(/C(=O)O)C12CCN3CC4=CCOC5CC(=O)NC1C5C4CC32. The minimum Gasteiger partial charge on any atom is -0.478 e. The van der Waals surface area contributed by atoms with Crippen LogP contribution in [-0.4, -0.2) is 70.8 Å². The molecule has 4 fully saturated rings. The second-order valence-corrected chi connectivity index (χ2v) is 8.30. The van der Waals surface area contributed by atoms with Gasteiger partial charge in [-0.15, -0.1) is 17.0 Å². The van der Waals surface area contributed by atoms with Crippen molar-refractivity contribution in [3.8, 4) is 0 Å². The number of piperidine rings is 2. The number of amides is 1. The van der Waals surface area contributed by atoms with Crippen molar-refractivity contribution in [2.45, 2.75) is 37.5 Å². The van der Waals surface area contributed by atoms with Crippen LogP contribution < -0.4 is 5.32 Å². The van der Waals surface area contributed by atoms with E-state index >= 15 is 0 Å². The highest BCUT2D eigenvalue weighted by molar-refractivity contribution is 8.93. The molecular weight excluding hydrogens is 432 g/mol. The van der Waals surface area contributed by atoms with Crippen molar-refractivity contribution in [3.05, 3.63) is 23.3 Å². The Bertz CT molecular complexity index is 810. The van der Waals surface area contributed by atoms with E-state index in [1.165, 1.54) is 5.57 Å². The van der Waals surface area contributed by atoms with E-state index in [1.54, 1.807) is 0 Å². The van der Waals surface area contributed by atoms with Crippen LogP contribution in [0.2, 0.25) is 0 Å². The molecule has 1 aliphatic carbocycles. The number of carboxylic acids is 2. The smallest absolute Gasteiger partial charge is 0.332 e. The number of halogens is 1. The van der Waals surface area contributed by atoms with E-state index in [0.29, 0.717) is 19.6 Å². The Labute approximate surface area is 172 Å². The first-order chi connectivity index (χ1) is 12.9. The molecule has 6 unspecified atom stereocenters. The van der Waals surface area contributed by atoms with E-state index in [1.807, 2.05) is 0 Å². The topological polar surface area (TPSA) is 116 Å². The van der Waals surface area contributed by atoms with Crippen LogP contribution in [0.5, 0.6) is 0 Å². The number of hydrogen-bond acceptors (Lipinski definition) is 5. The largest absolute Gasteiger partial charge is 0.478 e. The second-order valence-electron chi connectivity index (χ2n) is 8.30. The molecular formula is C19H23BrN2O6. The molecule has 28 heavy (non-hydrogen) atoms. The van der Waals surface area contributed by atoms with Gasteiger partial charge in [-0.1, -0.05) is 11.6 Å². The van der Waals surface area contributed by atoms with Gasteiger partial charge in [0.2, 0.25) is 5.91 Å². The Kier molecular flexibility index (Phi) is 4.67. The first kappa shape index (κ1) is 19.6. The summed E-state index contributed by atoms with van der Waals surface area (Å²) in [5.74, 6) is -2.41. The van der Waals surface area contributed by atoms with E-state index < -0.39 is 23.4 Å². The van der Waals surface area contributed by atoms with Crippen molar-refractivity contribution in [2.75, 3.05) is 19.7 Å². The predicted molar refractivity (Wildman–Crippen MR) is 102 cm³/mol. The van der Waals surface area contributed by atoms with Gasteiger partial charge in [-0.3, -0.25) is 9.69 Å². The summed E-state index contributed by atoms with van der Waals surface area (Å²) in [7, 11) is 0. The van der Waals surface area contributed by atoms with Crippen LogP contribution in [-0.2, 0) is 19.1 Å². The molecule has 5 aliphatic rings. The highest BCUT2D eigenvalue weighted by atomic mass is 79.9. The maximum atomic E-state index is 12.5. The number of carboxylic acid groups (broad SMARTS) is 2. The third kappa shape index (κ3) is 2.52. The van der Waals surface area contributed by atoms with Crippen molar-refractivity contribution in [1.29, 1.82) is 0 Å². The lowest BCUT2D eigenvalue weighted by Crippen LogP contribution is -2.70. The molecule has 3 N–H and O–H groups in total. The van der Waals surface area contributed by atoms with Gasteiger partial charge in [0.15, 0.2) is 0 Å². The normalized spacial score (nSPS) is 41.3. The predicted octanol–water partition coefficient (Wildman–Crippen LogP) is 0.584. The molecule has 2 bridgehead atoms. The van der Waals surface area contributed by atoms with Crippen molar-refractivity contribution in [1.82, 2.24) is 10.2 Å². The number of ether oxygens (including phenoxy) is 1. The van der Waals surface area contributed by atoms with Gasteiger partial charge < -0.3 is 20.3 Å². The lowest BCUT2D eigenvalue weighted by atomic mass is 9.52. The van der Waals surface area contributed by atoms with Crippen LogP contribution >= 0.6 is 17.0 Å². The number of carbonyl (C=O) groups is 3. The summed E-state index contributed by atoms with van der Waals surface area (Å²) in [6.45, 7) is 1.93. The van der Waals surface area contributed by atoms with E-state index in [4.69, 9.17) is 4.74 Å². The average Bonchev–Trinajstić information content (AvgIpc) is 2.90. The zero-order chi connectivity index (χ0) is 18.9. The molecule has 4 aliphatic heterocycles. The number of fused-ring (bicyclic) bond motifs is 1. The maximum absolute atomic E-state index is 12.5. The minimum absolute atomic E-state index is 0. The number of nitrogens with one attached hydrogen (secondary N) is 1. The summed E-state index contributed by atoms with van der Waals surface area (Å²) in [4.78, 5) is 38.3. The van der Waals surface area contributed by atoms with Gasteiger partial charge >= 0.3 is 11.9 Å². The molecule has 6 atom stereocenters. The summed E-state index contributed by atoms with van der Waals surface area (Å²) >= 11 is 0. The summed E-state index contributed by atoms with van der Waals surface area (Å²) in [5.41, 5.74) is 0.317. The van der Waals surface area contributed by atoms with Gasteiger partial charge in [-0.25, -0.2) is 9.59 Å². The van der Waals surface area contributed by atoms with E-state index in [2.05, 4.69) is 16.3 Å². The lowest BCUT2D eigenvalue weighted by molar-refractivity contribution is -0.147. The molecule has 0 aromatic heterocycles. The van der Waals surface area contributed by atoms with Crippen molar-refractivity contribution in [2.24, 2.45) is 17.3 Å². The second kappa shape index (κ2) is 6.67. The quantitative estimate of drug-likeness (QED) is 0.421. The zero-order valence-electron chi connectivity index (χ0n) is 15.2. The number of aliphatic carboxylic acids is 2. The van der Waals surface area contributed by atoms with Crippen LogP contribution in [0.25, 0.3) is 0 Å². The highest BCUT2D eigenvalue weighted by Crippen LogP contribution is 2.60. The number of rotatable bonds is 3. The molecule has 5 rings (SSSR count). The van der Waals surface area contributed by atoms with Gasteiger partial charge in [0.05, 0.1) is 24.7 Å². The fraction of sp³-hybridized carbons (Fsp3) is 0.632.